The minimum Gasteiger partial charge on any atom is -0.392 e. The van der Waals surface area contributed by atoms with Crippen molar-refractivity contribution in [3.8, 4) is 0 Å². The standard InChI is InChI=1S/C10H24N2O/c1-6-12(8-10(3)13)9(2)7-11(4)5/h9-10,13H,6-8H2,1-5H3/t9?,10-/m0/s1. The summed E-state index contributed by atoms with van der Waals surface area (Å²) in [4.78, 5) is 4.47. The van der Waals surface area contributed by atoms with Gasteiger partial charge in [-0.2, -0.15) is 0 Å². The van der Waals surface area contributed by atoms with Crippen LogP contribution in [0, 0.1) is 0 Å². The summed E-state index contributed by atoms with van der Waals surface area (Å²) in [7, 11) is 4.15. The Morgan fingerprint density at radius 1 is 1.15 bits per heavy atom. The van der Waals surface area contributed by atoms with Crippen LogP contribution in [-0.2, 0) is 0 Å². The second-order valence-corrected chi connectivity index (χ2v) is 4.05. The molecule has 1 unspecified atom stereocenters. The fraction of sp³-hybridized carbons (Fsp3) is 1.00. The maximum absolute atomic E-state index is 9.28. The third-order valence-corrected chi connectivity index (χ3v) is 2.16. The van der Waals surface area contributed by atoms with Crippen LogP contribution in [0.3, 0.4) is 0 Å². The first-order chi connectivity index (χ1) is 5.97. The highest BCUT2D eigenvalue weighted by Crippen LogP contribution is 2.01. The number of nitrogens with zero attached hydrogens (tertiary/aromatic N) is 2. The van der Waals surface area contributed by atoms with Crippen molar-refractivity contribution in [2.24, 2.45) is 0 Å². The maximum Gasteiger partial charge on any atom is 0.0639 e. The summed E-state index contributed by atoms with van der Waals surface area (Å²) in [6.45, 7) is 8.98. The number of hydrogen-bond acceptors (Lipinski definition) is 3. The second-order valence-electron chi connectivity index (χ2n) is 4.05. The fourth-order valence-electron chi connectivity index (χ4n) is 1.60. The topological polar surface area (TPSA) is 26.7 Å². The molecule has 3 nitrogen and oxygen atoms in total. The molecule has 0 aromatic carbocycles. The molecule has 0 aliphatic rings. The van der Waals surface area contributed by atoms with Gasteiger partial charge in [0.1, 0.15) is 0 Å². The van der Waals surface area contributed by atoms with Gasteiger partial charge in [0, 0.05) is 19.1 Å². The van der Waals surface area contributed by atoms with E-state index >= 15 is 0 Å². The Morgan fingerprint density at radius 2 is 1.69 bits per heavy atom. The molecule has 13 heavy (non-hydrogen) atoms. The summed E-state index contributed by atoms with van der Waals surface area (Å²) in [5, 5.41) is 9.28. The van der Waals surface area contributed by atoms with Gasteiger partial charge in [-0.1, -0.05) is 6.92 Å². The van der Waals surface area contributed by atoms with Gasteiger partial charge in [0.25, 0.3) is 0 Å². The number of rotatable bonds is 6. The highest BCUT2D eigenvalue weighted by Gasteiger charge is 2.14. The molecule has 80 valence electrons. The summed E-state index contributed by atoms with van der Waals surface area (Å²) < 4.78 is 0. The van der Waals surface area contributed by atoms with Gasteiger partial charge in [0.05, 0.1) is 6.10 Å². The van der Waals surface area contributed by atoms with Gasteiger partial charge in [-0.3, -0.25) is 4.90 Å². The lowest BCUT2D eigenvalue weighted by Gasteiger charge is -2.30. The van der Waals surface area contributed by atoms with Crippen LogP contribution in [0.1, 0.15) is 20.8 Å². The Hall–Kier alpha value is -0.120. The molecule has 0 radical (unpaired) electrons. The SMILES string of the molecule is CCN(C[C@H](C)O)C(C)CN(C)C. The first kappa shape index (κ1) is 12.9. The van der Waals surface area contributed by atoms with E-state index < -0.39 is 0 Å². The maximum atomic E-state index is 9.28. The highest BCUT2D eigenvalue weighted by atomic mass is 16.3. The molecule has 0 aromatic rings. The molecule has 0 aromatic heterocycles. The van der Waals surface area contributed by atoms with E-state index in [0.29, 0.717) is 6.04 Å². The van der Waals surface area contributed by atoms with Crippen LogP contribution in [0.15, 0.2) is 0 Å². The van der Waals surface area contributed by atoms with Gasteiger partial charge in [0.15, 0.2) is 0 Å². The molecule has 0 rings (SSSR count). The molecule has 3 heteroatoms. The summed E-state index contributed by atoms with van der Waals surface area (Å²) in [5.74, 6) is 0. The molecule has 2 atom stereocenters. The predicted molar refractivity (Wildman–Crippen MR) is 56.9 cm³/mol. The van der Waals surface area contributed by atoms with Crippen molar-refractivity contribution in [2.75, 3.05) is 33.7 Å². The smallest absolute Gasteiger partial charge is 0.0639 e. The predicted octanol–water partition coefficient (Wildman–Crippen LogP) is 0.639. The van der Waals surface area contributed by atoms with Crippen molar-refractivity contribution in [1.29, 1.82) is 0 Å². The third-order valence-electron chi connectivity index (χ3n) is 2.16. The fourth-order valence-corrected chi connectivity index (χ4v) is 1.60. The van der Waals surface area contributed by atoms with Crippen LogP contribution in [0.5, 0.6) is 0 Å². The minimum atomic E-state index is -0.232. The largest absolute Gasteiger partial charge is 0.392 e. The van der Waals surface area contributed by atoms with Gasteiger partial charge >= 0.3 is 0 Å². The quantitative estimate of drug-likeness (QED) is 0.662. The molecule has 1 N–H and O–H groups in total. The number of aliphatic hydroxyl groups is 1. The Morgan fingerprint density at radius 3 is 2.00 bits per heavy atom. The van der Waals surface area contributed by atoms with Gasteiger partial charge in [0.2, 0.25) is 0 Å². The first-order valence-corrected chi connectivity index (χ1v) is 5.04. The summed E-state index contributed by atoms with van der Waals surface area (Å²) >= 11 is 0. The second kappa shape index (κ2) is 6.35. The molecule has 0 saturated carbocycles. The van der Waals surface area contributed by atoms with E-state index in [1.807, 2.05) is 6.92 Å². The van der Waals surface area contributed by atoms with Crippen LogP contribution < -0.4 is 0 Å². The normalized spacial score (nSPS) is 16.6. The van der Waals surface area contributed by atoms with Crippen molar-refractivity contribution in [3.05, 3.63) is 0 Å². The molecule has 0 heterocycles. The molecule has 0 spiro atoms. The molecule has 0 saturated heterocycles. The Bertz CT molecular complexity index is 126. The average molecular weight is 188 g/mol. The van der Waals surface area contributed by atoms with Crippen LogP contribution in [0.25, 0.3) is 0 Å². The van der Waals surface area contributed by atoms with Gasteiger partial charge < -0.3 is 10.0 Å². The average Bonchev–Trinajstić information content (AvgIpc) is 1.98. The zero-order valence-electron chi connectivity index (χ0n) is 9.62. The van der Waals surface area contributed by atoms with E-state index in [2.05, 4.69) is 37.7 Å². The van der Waals surface area contributed by atoms with E-state index in [1.165, 1.54) is 0 Å². The Kier molecular flexibility index (Phi) is 6.29. The highest BCUT2D eigenvalue weighted by molar-refractivity contribution is 4.70. The zero-order chi connectivity index (χ0) is 10.4. The van der Waals surface area contributed by atoms with Crippen LogP contribution in [-0.4, -0.2) is 60.8 Å². The molecule has 0 amide bonds. The van der Waals surface area contributed by atoms with Gasteiger partial charge in [-0.25, -0.2) is 0 Å². The lowest BCUT2D eigenvalue weighted by molar-refractivity contribution is 0.0966. The Labute approximate surface area is 82.3 Å². The van der Waals surface area contributed by atoms with E-state index in [4.69, 9.17) is 0 Å². The van der Waals surface area contributed by atoms with E-state index in [1.54, 1.807) is 0 Å². The van der Waals surface area contributed by atoms with Crippen LogP contribution in [0.4, 0.5) is 0 Å². The zero-order valence-corrected chi connectivity index (χ0v) is 9.62. The molecule has 0 aliphatic heterocycles. The first-order valence-electron chi connectivity index (χ1n) is 5.04. The lowest BCUT2D eigenvalue weighted by Crippen LogP contribution is -2.43. The number of likely N-dealkylation sites (N-methyl/N-ethyl adjacent to an activating group) is 2. The summed E-state index contributed by atoms with van der Waals surface area (Å²) in [6, 6.07) is 0.509. The van der Waals surface area contributed by atoms with Crippen molar-refractivity contribution >= 4 is 0 Å². The van der Waals surface area contributed by atoms with Gasteiger partial charge in [-0.05, 0) is 34.5 Å². The van der Waals surface area contributed by atoms with E-state index in [-0.39, 0.29) is 6.10 Å². The van der Waals surface area contributed by atoms with Crippen LogP contribution in [0.2, 0.25) is 0 Å². The summed E-state index contributed by atoms with van der Waals surface area (Å²) in [5.41, 5.74) is 0. The van der Waals surface area contributed by atoms with Crippen LogP contribution >= 0.6 is 0 Å². The van der Waals surface area contributed by atoms with E-state index in [9.17, 15) is 5.11 Å². The molecule has 0 fully saturated rings. The third kappa shape index (κ3) is 6.02. The molecule has 0 bridgehead atoms. The number of hydrogen-bond donors (Lipinski definition) is 1. The van der Waals surface area contributed by atoms with Gasteiger partial charge in [-0.15, -0.1) is 0 Å². The molecular formula is C10H24N2O. The van der Waals surface area contributed by atoms with E-state index in [0.717, 1.165) is 19.6 Å². The molecule has 0 aliphatic carbocycles. The minimum absolute atomic E-state index is 0.232. The number of aliphatic hydroxyl groups excluding tert-OH is 1. The van der Waals surface area contributed by atoms with Crippen molar-refractivity contribution in [3.63, 3.8) is 0 Å². The Balaban J connectivity index is 3.91. The van der Waals surface area contributed by atoms with Crippen molar-refractivity contribution in [2.45, 2.75) is 32.9 Å². The lowest BCUT2D eigenvalue weighted by atomic mass is 10.2. The monoisotopic (exact) mass is 188 g/mol. The molecular weight excluding hydrogens is 164 g/mol. The summed E-state index contributed by atoms with van der Waals surface area (Å²) in [6.07, 6.45) is -0.232. The van der Waals surface area contributed by atoms with Crippen molar-refractivity contribution in [1.82, 2.24) is 9.80 Å². The van der Waals surface area contributed by atoms with Crippen molar-refractivity contribution < 1.29 is 5.11 Å².